The van der Waals surface area contributed by atoms with Crippen molar-refractivity contribution in [3.05, 3.63) is 27.5 Å². The summed E-state index contributed by atoms with van der Waals surface area (Å²) in [6.45, 7) is 0. The van der Waals surface area contributed by atoms with Crippen LogP contribution in [0, 0.1) is 0 Å². The molecule has 0 fully saturated rings. The van der Waals surface area contributed by atoms with E-state index >= 15 is 0 Å². The van der Waals surface area contributed by atoms with Crippen molar-refractivity contribution in [2.24, 2.45) is 0 Å². The van der Waals surface area contributed by atoms with Gasteiger partial charge in [-0.3, -0.25) is 4.79 Å². The van der Waals surface area contributed by atoms with Crippen LogP contribution in [-0.4, -0.2) is 18.1 Å². The number of esters is 1. The number of alkyl halides is 3. The Labute approximate surface area is 110 Å². The van der Waals surface area contributed by atoms with Crippen LogP contribution in [0.5, 0.6) is 0 Å². The van der Waals surface area contributed by atoms with E-state index in [0.29, 0.717) is 10.2 Å². The monoisotopic (exact) mass is 327 g/mol. The molecule has 94 valence electrons. The van der Waals surface area contributed by atoms with Crippen molar-refractivity contribution in [3.63, 3.8) is 0 Å². The fourth-order valence-corrected chi connectivity index (χ4v) is 1.92. The van der Waals surface area contributed by atoms with Gasteiger partial charge in [0.05, 0.1) is 25.1 Å². The Morgan fingerprint density at radius 2 is 2.29 bits per heavy atom. The number of carbonyl (C=O) groups is 1. The predicted molar refractivity (Wildman–Crippen MR) is 62.2 cm³/mol. The van der Waals surface area contributed by atoms with Gasteiger partial charge < -0.3 is 4.74 Å². The Hall–Kier alpha value is -0.750. The zero-order valence-electron chi connectivity index (χ0n) is 8.84. The summed E-state index contributed by atoms with van der Waals surface area (Å²) < 4.78 is 30.2. The molecule has 0 spiro atoms. The highest BCUT2D eigenvalue weighted by Gasteiger charge is 2.18. The van der Waals surface area contributed by atoms with Crippen molar-refractivity contribution in [3.8, 4) is 0 Å². The molecule has 0 saturated carbocycles. The van der Waals surface area contributed by atoms with Gasteiger partial charge in [-0.05, 0) is 27.6 Å². The van der Waals surface area contributed by atoms with Gasteiger partial charge in [-0.2, -0.15) is 0 Å². The minimum Gasteiger partial charge on any atom is -0.469 e. The number of halogens is 4. The maximum Gasteiger partial charge on any atom is 0.310 e. The number of methoxy groups -OCH3 is 1. The number of hydrogen-bond acceptors (Lipinski definition) is 3. The standard InChI is InChI=1S/C10H9BrClF2NO2/c1-17-8(16)3-5-2-6(10(13)14)7(4-12)15-9(5)11/h2,10H,3-4H2,1H3. The number of hydrogen-bond donors (Lipinski definition) is 0. The van der Waals surface area contributed by atoms with E-state index in [1.54, 1.807) is 0 Å². The third-order valence-electron chi connectivity index (χ3n) is 2.09. The second-order valence-electron chi connectivity index (χ2n) is 3.16. The fraction of sp³-hybridized carbons (Fsp3) is 0.400. The molecule has 0 unspecified atom stereocenters. The second kappa shape index (κ2) is 6.26. The Morgan fingerprint density at radius 1 is 1.65 bits per heavy atom. The molecule has 0 aliphatic heterocycles. The first-order chi connectivity index (χ1) is 7.99. The molecule has 0 saturated heterocycles. The smallest absolute Gasteiger partial charge is 0.310 e. The number of carbonyl (C=O) groups excluding carboxylic acids is 1. The third-order valence-corrected chi connectivity index (χ3v) is 3.02. The van der Waals surface area contributed by atoms with Crippen LogP contribution in [0.2, 0.25) is 0 Å². The van der Waals surface area contributed by atoms with E-state index in [2.05, 4.69) is 25.7 Å². The number of nitrogens with zero attached hydrogens (tertiary/aromatic N) is 1. The molecule has 0 bridgehead atoms. The first kappa shape index (κ1) is 14.3. The SMILES string of the molecule is COC(=O)Cc1cc(C(F)F)c(CCl)nc1Br. The second-order valence-corrected chi connectivity index (χ2v) is 4.18. The van der Waals surface area contributed by atoms with E-state index in [1.807, 2.05) is 0 Å². The highest BCUT2D eigenvalue weighted by molar-refractivity contribution is 9.10. The van der Waals surface area contributed by atoms with E-state index in [4.69, 9.17) is 11.6 Å². The van der Waals surface area contributed by atoms with E-state index in [9.17, 15) is 13.6 Å². The van der Waals surface area contributed by atoms with Gasteiger partial charge in [-0.1, -0.05) is 0 Å². The molecule has 0 aliphatic carbocycles. The summed E-state index contributed by atoms with van der Waals surface area (Å²) in [5.41, 5.74) is 0.185. The fourth-order valence-electron chi connectivity index (χ4n) is 1.23. The molecule has 0 aromatic carbocycles. The Morgan fingerprint density at radius 3 is 2.76 bits per heavy atom. The van der Waals surface area contributed by atoms with Crippen molar-refractivity contribution in [1.82, 2.24) is 4.98 Å². The molecule has 0 aliphatic rings. The maximum atomic E-state index is 12.7. The van der Waals surface area contributed by atoms with E-state index < -0.39 is 12.4 Å². The number of ether oxygens (including phenoxy) is 1. The molecule has 7 heteroatoms. The van der Waals surface area contributed by atoms with Crippen LogP contribution in [0.3, 0.4) is 0 Å². The molecular weight excluding hydrogens is 319 g/mol. The summed E-state index contributed by atoms with van der Waals surface area (Å²) in [6.07, 6.45) is -2.80. The zero-order chi connectivity index (χ0) is 13.0. The van der Waals surface area contributed by atoms with Gasteiger partial charge in [0.15, 0.2) is 0 Å². The number of pyridine rings is 1. The Kier molecular flexibility index (Phi) is 5.27. The molecule has 1 heterocycles. The molecule has 17 heavy (non-hydrogen) atoms. The first-order valence-electron chi connectivity index (χ1n) is 4.58. The molecule has 0 amide bonds. The predicted octanol–water partition coefficient (Wildman–Crippen LogP) is 3.24. The van der Waals surface area contributed by atoms with E-state index in [1.165, 1.54) is 13.2 Å². The highest BCUT2D eigenvalue weighted by Crippen LogP contribution is 2.27. The van der Waals surface area contributed by atoms with Crippen molar-refractivity contribution in [2.75, 3.05) is 7.11 Å². The minimum absolute atomic E-state index is 0.0992. The average molecular weight is 329 g/mol. The van der Waals surface area contributed by atoms with Crippen molar-refractivity contribution in [1.29, 1.82) is 0 Å². The summed E-state index contributed by atoms with van der Waals surface area (Å²) in [5.74, 6) is -0.636. The molecule has 0 atom stereocenters. The molecule has 0 radical (unpaired) electrons. The lowest BCUT2D eigenvalue weighted by Crippen LogP contribution is -2.08. The van der Waals surface area contributed by atoms with Gasteiger partial charge in [-0.15, -0.1) is 11.6 Å². The lowest BCUT2D eigenvalue weighted by molar-refractivity contribution is -0.139. The molecule has 0 N–H and O–H groups in total. The van der Waals surface area contributed by atoms with Crippen LogP contribution in [0.4, 0.5) is 8.78 Å². The van der Waals surface area contributed by atoms with E-state index in [-0.39, 0.29) is 23.6 Å². The van der Waals surface area contributed by atoms with Crippen LogP contribution in [-0.2, 0) is 21.8 Å². The van der Waals surface area contributed by atoms with Gasteiger partial charge in [0.1, 0.15) is 4.60 Å². The summed E-state index contributed by atoms with van der Waals surface area (Å²) in [6, 6.07) is 1.22. The van der Waals surface area contributed by atoms with Crippen molar-refractivity contribution < 1.29 is 18.3 Å². The lowest BCUT2D eigenvalue weighted by atomic mass is 10.1. The summed E-state index contributed by atoms with van der Waals surface area (Å²) >= 11 is 8.63. The summed E-state index contributed by atoms with van der Waals surface area (Å²) in [5, 5.41) is 0. The van der Waals surface area contributed by atoms with Gasteiger partial charge >= 0.3 is 5.97 Å². The van der Waals surface area contributed by atoms with Crippen molar-refractivity contribution >= 4 is 33.5 Å². The first-order valence-corrected chi connectivity index (χ1v) is 5.91. The molecule has 3 nitrogen and oxygen atoms in total. The third kappa shape index (κ3) is 3.61. The summed E-state index contributed by atoms with van der Waals surface area (Å²) in [7, 11) is 1.23. The van der Waals surface area contributed by atoms with Crippen LogP contribution in [0.1, 0.15) is 23.2 Å². The van der Waals surface area contributed by atoms with Gasteiger partial charge in [0, 0.05) is 5.56 Å². The van der Waals surface area contributed by atoms with Crippen LogP contribution < -0.4 is 0 Å². The number of aromatic nitrogens is 1. The largest absolute Gasteiger partial charge is 0.469 e. The van der Waals surface area contributed by atoms with Crippen LogP contribution >= 0.6 is 27.5 Å². The maximum absolute atomic E-state index is 12.7. The highest BCUT2D eigenvalue weighted by atomic mass is 79.9. The minimum atomic E-state index is -2.68. The van der Waals surface area contributed by atoms with Crippen molar-refractivity contribution in [2.45, 2.75) is 18.7 Å². The topological polar surface area (TPSA) is 39.2 Å². The zero-order valence-corrected chi connectivity index (χ0v) is 11.2. The Bertz CT molecular complexity index is 429. The van der Waals surface area contributed by atoms with Gasteiger partial charge in [0.25, 0.3) is 6.43 Å². The van der Waals surface area contributed by atoms with Crippen LogP contribution in [0.15, 0.2) is 10.7 Å². The van der Waals surface area contributed by atoms with E-state index in [0.717, 1.165) is 0 Å². The molecular formula is C10H9BrClF2NO2. The van der Waals surface area contributed by atoms with Gasteiger partial charge in [-0.25, -0.2) is 13.8 Å². The normalized spacial score (nSPS) is 10.7. The molecule has 1 aromatic rings. The van der Waals surface area contributed by atoms with Crippen LogP contribution in [0.25, 0.3) is 0 Å². The Balaban J connectivity index is 3.15. The molecule has 1 rings (SSSR count). The molecule has 1 aromatic heterocycles. The lowest BCUT2D eigenvalue weighted by Gasteiger charge is -2.10. The summed E-state index contributed by atoms with van der Waals surface area (Å²) in [4.78, 5) is 15.0. The average Bonchev–Trinajstić information content (AvgIpc) is 2.30. The number of rotatable bonds is 4. The van der Waals surface area contributed by atoms with Gasteiger partial charge in [0.2, 0.25) is 0 Å². The quantitative estimate of drug-likeness (QED) is 0.484.